The van der Waals surface area contributed by atoms with Crippen molar-refractivity contribution in [3.8, 4) is 40.4 Å². The van der Waals surface area contributed by atoms with Gasteiger partial charge in [-0.1, -0.05) is 11.8 Å². The fourth-order valence-corrected chi connectivity index (χ4v) is 3.31. The summed E-state index contributed by atoms with van der Waals surface area (Å²) in [5, 5.41) is 10.1. The Bertz CT molecular complexity index is 1330. The highest BCUT2D eigenvalue weighted by molar-refractivity contribution is 5.97. The van der Waals surface area contributed by atoms with Crippen LogP contribution >= 0.6 is 0 Å². The summed E-state index contributed by atoms with van der Waals surface area (Å²) < 4.78 is 22.0. The first-order chi connectivity index (χ1) is 15.5. The number of aromatic carboxylic acids is 1. The maximum Gasteiger partial charge on any atom is 0.335 e. The molecule has 0 aliphatic rings. The summed E-state index contributed by atoms with van der Waals surface area (Å²) in [4.78, 5) is 11.5. The Morgan fingerprint density at radius 1 is 0.812 bits per heavy atom. The van der Waals surface area contributed by atoms with Crippen LogP contribution in [0.25, 0.3) is 22.3 Å². The van der Waals surface area contributed by atoms with Gasteiger partial charge in [-0.05, 0) is 54.6 Å². The van der Waals surface area contributed by atoms with Gasteiger partial charge in [0.25, 0.3) is 0 Å². The number of fused-ring (bicyclic) bond motifs is 1. The standard InChI is InChI=1S/C26H20O6/c1-29-19-8-5-17(6-9-19)25-22(23-14-18(26(27)28)7-11-24(23)32-25)10-4-16-12-20(30-2)15-21(13-16)31-3/h5-9,11-15H,1-3H3,(H,27,28). The molecule has 0 saturated carbocycles. The van der Waals surface area contributed by atoms with Gasteiger partial charge in [0.2, 0.25) is 0 Å². The maximum atomic E-state index is 11.5. The molecule has 6 nitrogen and oxygen atoms in total. The van der Waals surface area contributed by atoms with Crippen LogP contribution < -0.4 is 14.2 Å². The average Bonchev–Trinajstić information content (AvgIpc) is 3.20. The molecule has 1 aromatic heterocycles. The van der Waals surface area contributed by atoms with E-state index in [1.807, 2.05) is 24.3 Å². The predicted molar refractivity (Wildman–Crippen MR) is 121 cm³/mol. The molecule has 32 heavy (non-hydrogen) atoms. The highest BCUT2D eigenvalue weighted by Crippen LogP contribution is 2.34. The van der Waals surface area contributed by atoms with Crippen LogP contribution in [-0.4, -0.2) is 32.4 Å². The van der Waals surface area contributed by atoms with Gasteiger partial charge in [-0.15, -0.1) is 0 Å². The van der Waals surface area contributed by atoms with Gasteiger partial charge in [-0.25, -0.2) is 4.79 Å². The Balaban J connectivity index is 1.91. The summed E-state index contributed by atoms with van der Waals surface area (Å²) in [6.45, 7) is 0. The van der Waals surface area contributed by atoms with E-state index in [-0.39, 0.29) is 5.56 Å². The minimum Gasteiger partial charge on any atom is -0.497 e. The molecule has 4 rings (SSSR count). The molecule has 1 heterocycles. The van der Waals surface area contributed by atoms with E-state index in [2.05, 4.69) is 11.8 Å². The number of furan rings is 1. The smallest absolute Gasteiger partial charge is 0.335 e. The molecule has 0 amide bonds. The Hall–Kier alpha value is -4.37. The summed E-state index contributed by atoms with van der Waals surface area (Å²) >= 11 is 0. The first-order valence-corrected chi connectivity index (χ1v) is 9.71. The monoisotopic (exact) mass is 428 g/mol. The lowest BCUT2D eigenvalue weighted by Gasteiger charge is -2.04. The van der Waals surface area contributed by atoms with E-state index in [0.717, 1.165) is 5.56 Å². The van der Waals surface area contributed by atoms with E-state index in [1.165, 1.54) is 6.07 Å². The van der Waals surface area contributed by atoms with Crippen molar-refractivity contribution in [1.82, 2.24) is 0 Å². The Morgan fingerprint density at radius 3 is 2.06 bits per heavy atom. The lowest BCUT2D eigenvalue weighted by Crippen LogP contribution is -1.94. The number of ether oxygens (including phenoxy) is 3. The van der Waals surface area contributed by atoms with Gasteiger partial charge in [-0.2, -0.15) is 0 Å². The lowest BCUT2D eigenvalue weighted by atomic mass is 10.0. The highest BCUT2D eigenvalue weighted by Gasteiger charge is 2.17. The van der Waals surface area contributed by atoms with Crippen LogP contribution in [0.2, 0.25) is 0 Å². The first kappa shape index (κ1) is 20.9. The minimum atomic E-state index is -1.02. The van der Waals surface area contributed by atoms with Crippen molar-refractivity contribution < 1.29 is 28.5 Å². The Morgan fingerprint density at radius 2 is 1.47 bits per heavy atom. The molecule has 0 unspecified atom stereocenters. The summed E-state index contributed by atoms with van der Waals surface area (Å²) in [7, 11) is 4.75. The van der Waals surface area contributed by atoms with Gasteiger partial charge in [0.1, 0.15) is 22.8 Å². The molecule has 0 aliphatic carbocycles. The Labute approximate surface area is 185 Å². The van der Waals surface area contributed by atoms with Gasteiger partial charge in [0.05, 0.1) is 32.5 Å². The number of rotatable bonds is 5. The van der Waals surface area contributed by atoms with E-state index in [0.29, 0.717) is 45.1 Å². The van der Waals surface area contributed by atoms with E-state index in [1.54, 1.807) is 51.7 Å². The Kier molecular flexibility index (Phi) is 5.73. The van der Waals surface area contributed by atoms with Crippen molar-refractivity contribution >= 4 is 16.9 Å². The minimum absolute atomic E-state index is 0.158. The molecule has 0 aliphatic heterocycles. The molecule has 160 valence electrons. The first-order valence-electron chi connectivity index (χ1n) is 9.71. The lowest BCUT2D eigenvalue weighted by molar-refractivity contribution is 0.0697. The van der Waals surface area contributed by atoms with Crippen LogP contribution in [0.4, 0.5) is 0 Å². The van der Waals surface area contributed by atoms with Crippen LogP contribution in [0.3, 0.4) is 0 Å². The van der Waals surface area contributed by atoms with Crippen LogP contribution in [0.5, 0.6) is 17.2 Å². The summed E-state index contributed by atoms with van der Waals surface area (Å²) in [5.41, 5.74) is 2.78. The molecule has 0 atom stereocenters. The molecule has 3 aromatic carbocycles. The van der Waals surface area contributed by atoms with Crippen LogP contribution in [0.15, 0.2) is 65.1 Å². The van der Waals surface area contributed by atoms with Gasteiger partial charge in [-0.3, -0.25) is 0 Å². The number of benzene rings is 3. The van der Waals surface area contributed by atoms with Crippen LogP contribution in [0, 0.1) is 11.8 Å². The molecular weight excluding hydrogens is 408 g/mol. The molecule has 6 heteroatoms. The predicted octanol–water partition coefficient (Wildman–Crippen LogP) is 5.22. The van der Waals surface area contributed by atoms with Crippen molar-refractivity contribution in [2.24, 2.45) is 0 Å². The fourth-order valence-electron chi connectivity index (χ4n) is 3.31. The fraction of sp³-hybridized carbons (Fsp3) is 0.115. The van der Waals surface area contributed by atoms with Crippen LogP contribution in [0.1, 0.15) is 21.5 Å². The second-order valence-electron chi connectivity index (χ2n) is 6.90. The van der Waals surface area contributed by atoms with Crippen molar-refractivity contribution in [3.63, 3.8) is 0 Å². The van der Waals surface area contributed by atoms with E-state index in [4.69, 9.17) is 18.6 Å². The van der Waals surface area contributed by atoms with Gasteiger partial charge in [0.15, 0.2) is 5.76 Å². The number of hydrogen-bond acceptors (Lipinski definition) is 5. The highest BCUT2D eigenvalue weighted by atomic mass is 16.5. The molecular formula is C26H20O6. The largest absolute Gasteiger partial charge is 0.497 e. The molecule has 0 spiro atoms. The number of carboxylic acid groups (broad SMARTS) is 1. The molecule has 0 bridgehead atoms. The zero-order chi connectivity index (χ0) is 22.7. The topological polar surface area (TPSA) is 78.1 Å². The molecule has 1 N–H and O–H groups in total. The van der Waals surface area contributed by atoms with E-state index in [9.17, 15) is 9.90 Å². The zero-order valence-corrected chi connectivity index (χ0v) is 17.8. The van der Waals surface area contributed by atoms with E-state index >= 15 is 0 Å². The zero-order valence-electron chi connectivity index (χ0n) is 17.8. The number of hydrogen-bond donors (Lipinski definition) is 1. The van der Waals surface area contributed by atoms with Crippen molar-refractivity contribution in [2.75, 3.05) is 21.3 Å². The normalized spacial score (nSPS) is 10.3. The van der Waals surface area contributed by atoms with Gasteiger partial charge < -0.3 is 23.7 Å². The molecule has 0 radical (unpaired) electrons. The van der Waals surface area contributed by atoms with E-state index < -0.39 is 5.97 Å². The third-order valence-corrected chi connectivity index (χ3v) is 4.97. The second-order valence-corrected chi connectivity index (χ2v) is 6.90. The summed E-state index contributed by atoms with van der Waals surface area (Å²) in [5.74, 6) is 7.78. The number of methoxy groups -OCH3 is 3. The SMILES string of the molecule is COc1ccc(-c2oc3ccc(C(=O)O)cc3c2C#Cc2cc(OC)cc(OC)c2)cc1. The third kappa shape index (κ3) is 4.09. The van der Waals surface area contributed by atoms with Crippen molar-refractivity contribution in [1.29, 1.82) is 0 Å². The quantitative estimate of drug-likeness (QED) is 0.439. The van der Waals surface area contributed by atoms with Crippen molar-refractivity contribution in [2.45, 2.75) is 0 Å². The van der Waals surface area contributed by atoms with Crippen LogP contribution in [-0.2, 0) is 0 Å². The molecule has 0 fully saturated rings. The van der Waals surface area contributed by atoms with Gasteiger partial charge >= 0.3 is 5.97 Å². The summed E-state index contributed by atoms with van der Waals surface area (Å²) in [6.07, 6.45) is 0. The van der Waals surface area contributed by atoms with Gasteiger partial charge in [0, 0.05) is 22.6 Å². The number of carboxylic acids is 1. The second kappa shape index (κ2) is 8.78. The molecule has 0 saturated heterocycles. The molecule has 4 aromatic rings. The van der Waals surface area contributed by atoms with Crippen molar-refractivity contribution in [3.05, 3.63) is 77.4 Å². The number of carbonyl (C=O) groups is 1. The third-order valence-electron chi connectivity index (χ3n) is 4.97. The maximum absolute atomic E-state index is 11.5. The summed E-state index contributed by atoms with van der Waals surface area (Å²) in [6, 6.07) is 17.5. The average molecular weight is 428 g/mol.